The van der Waals surface area contributed by atoms with Gasteiger partial charge >= 0.3 is 0 Å². The van der Waals surface area contributed by atoms with Crippen molar-refractivity contribution in [3.05, 3.63) is 82.8 Å². The summed E-state index contributed by atoms with van der Waals surface area (Å²) in [5, 5.41) is 3.38. The van der Waals surface area contributed by atoms with Gasteiger partial charge in [-0.1, -0.05) is 17.7 Å². The molecule has 9 nitrogen and oxygen atoms in total. The number of benzene rings is 1. The van der Waals surface area contributed by atoms with Crippen molar-refractivity contribution in [1.82, 2.24) is 24.9 Å². The quantitative estimate of drug-likeness (QED) is 0.403. The topological polar surface area (TPSA) is 103 Å². The first-order valence-electron chi connectivity index (χ1n) is 11.0. The van der Waals surface area contributed by atoms with Gasteiger partial charge < -0.3 is 14.8 Å². The lowest BCUT2D eigenvalue weighted by atomic mass is 10.1. The van der Waals surface area contributed by atoms with Crippen LogP contribution in [0.4, 0.5) is 5.69 Å². The lowest BCUT2D eigenvalue weighted by Crippen LogP contribution is -2.33. The number of pyridine rings is 1. The molecule has 0 radical (unpaired) electrons. The van der Waals surface area contributed by atoms with E-state index in [0.29, 0.717) is 46.4 Å². The Morgan fingerprint density at radius 2 is 2.06 bits per heavy atom. The number of carbonyl (C=O) groups is 1. The standard InChI is InChI=1S/C25H23ClN6O3/c1-15-11-28-12-16(30-15)14-35-23-13-27-8-6-17(23)22-10-18-21(7-9-29-25(18)33)32(22)31-20-5-3-4-19(26)24(20)34-2/h3-6,8,10-13,31H,7,9,14H2,1-2H3,(H,29,33). The molecule has 2 N–H and O–H groups in total. The molecular weight excluding hydrogens is 468 g/mol. The van der Waals surface area contributed by atoms with Gasteiger partial charge in [0.2, 0.25) is 0 Å². The van der Waals surface area contributed by atoms with E-state index in [4.69, 9.17) is 21.1 Å². The van der Waals surface area contributed by atoms with Crippen LogP contribution in [-0.4, -0.2) is 39.2 Å². The molecule has 1 aromatic carbocycles. The highest BCUT2D eigenvalue weighted by Gasteiger charge is 2.26. The van der Waals surface area contributed by atoms with Gasteiger partial charge in [-0.3, -0.25) is 29.8 Å². The first-order chi connectivity index (χ1) is 17.0. The zero-order chi connectivity index (χ0) is 24.4. The van der Waals surface area contributed by atoms with E-state index < -0.39 is 0 Å². The number of rotatable bonds is 7. The number of nitrogens with zero attached hydrogens (tertiary/aromatic N) is 4. The summed E-state index contributed by atoms with van der Waals surface area (Å²) >= 11 is 6.35. The van der Waals surface area contributed by atoms with Crippen LogP contribution in [0.1, 0.15) is 27.4 Å². The SMILES string of the molecule is COc1c(Cl)cccc1Nn1c(-c2ccncc2OCc2cncc(C)n2)cc2c1CCNC2=O. The molecule has 0 aliphatic carbocycles. The molecule has 0 bridgehead atoms. The zero-order valence-electron chi connectivity index (χ0n) is 19.2. The van der Waals surface area contributed by atoms with E-state index in [-0.39, 0.29) is 12.5 Å². The summed E-state index contributed by atoms with van der Waals surface area (Å²) in [6, 6.07) is 9.16. The maximum Gasteiger partial charge on any atom is 0.253 e. The van der Waals surface area contributed by atoms with E-state index in [1.165, 1.54) is 0 Å². The zero-order valence-corrected chi connectivity index (χ0v) is 20.0. The third-order valence-corrected chi connectivity index (χ3v) is 5.94. The molecule has 10 heteroatoms. The number of hydrogen-bond acceptors (Lipinski definition) is 7. The van der Waals surface area contributed by atoms with Crippen molar-refractivity contribution in [2.24, 2.45) is 0 Å². The van der Waals surface area contributed by atoms with E-state index in [1.807, 2.05) is 35.9 Å². The van der Waals surface area contributed by atoms with Crippen LogP contribution < -0.4 is 20.2 Å². The molecule has 1 amide bonds. The van der Waals surface area contributed by atoms with Crippen LogP contribution in [0.2, 0.25) is 5.02 Å². The Labute approximate surface area is 207 Å². The third kappa shape index (κ3) is 4.50. The second-order valence-electron chi connectivity index (χ2n) is 7.98. The summed E-state index contributed by atoms with van der Waals surface area (Å²) in [4.78, 5) is 25.5. The Morgan fingerprint density at radius 3 is 2.89 bits per heavy atom. The Morgan fingerprint density at radius 1 is 1.17 bits per heavy atom. The molecule has 4 aromatic rings. The Balaban J connectivity index is 1.58. The first kappa shape index (κ1) is 22.7. The Hall–Kier alpha value is -4.11. The molecule has 178 valence electrons. The second kappa shape index (κ2) is 9.63. The number of nitrogens with one attached hydrogen (secondary N) is 2. The van der Waals surface area contributed by atoms with Crippen LogP contribution in [0, 0.1) is 6.92 Å². The minimum absolute atomic E-state index is 0.127. The number of aryl methyl sites for hydroxylation is 1. The van der Waals surface area contributed by atoms with Crippen LogP contribution in [0.15, 0.2) is 55.1 Å². The van der Waals surface area contributed by atoms with Crippen molar-refractivity contribution in [2.45, 2.75) is 20.0 Å². The van der Waals surface area contributed by atoms with Crippen molar-refractivity contribution in [2.75, 3.05) is 19.1 Å². The van der Waals surface area contributed by atoms with Gasteiger partial charge in [0.1, 0.15) is 12.4 Å². The second-order valence-corrected chi connectivity index (χ2v) is 8.38. The van der Waals surface area contributed by atoms with Crippen molar-refractivity contribution in [1.29, 1.82) is 0 Å². The number of ether oxygens (including phenoxy) is 2. The van der Waals surface area contributed by atoms with E-state index in [0.717, 1.165) is 22.6 Å². The minimum atomic E-state index is -0.127. The fraction of sp³-hybridized carbons (Fsp3) is 0.200. The van der Waals surface area contributed by atoms with Gasteiger partial charge in [0.15, 0.2) is 5.75 Å². The highest BCUT2D eigenvalue weighted by molar-refractivity contribution is 6.32. The van der Waals surface area contributed by atoms with Gasteiger partial charge in [-0.2, -0.15) is 0 Å². The van der Waals surface area contributed by atoms with Gasteiger partial charge in [0.25, 0.3) is 5.91 Å². The predicted molar refractivity (Wildman–Crippen MR) is 132 cm³/mol. The molecule has 0 atom stereocenters. The lowest BCUT2D eigenvalue weighted by molar-refractivity contribution is 0.0945. The largest absolute Gasteiger partial charge is 0.493 e. The van der Waals surface area contributed by atoms with Crippen LogP contribution >= 0.6 is 11.6 Å². The molecule has 3 aromatic heterocycles. The number of para-hydroxylation sites is 1. The fourth-order valence-electron chi connectivity index (χ4n) is 4.08. The smallest absolute Gasteiger partial charge is 0.253 e. The molecule has 0 unspecified atom stereocenters. The van der Waals surface area contributed by atoms with E-state index in [9.17, 15) is 4.79 Å². The summed E-state index contributed by atoms with van der Waals surface area (Å²) in [6.45, 7) is 2.64. The number of aromatic nitrogens is 4. The number of anilines is 1. The number of amides is 1. The summed E-state index contributed by atoms with van der Waals surface area (Å²) in [6.07, 6.45) is 7.34. The highest BCUT2D eigenvalue weighted by atomic mass is 35.5. The molecule has 4 heterocycles. The number of methoxy groups -OCH3 is 1. The molecular formula is C25H23ClN6O3. The maximum absolute atomic E-state index is 12.7. The minimum Gasteiger partial charge on any atom is -0.493 e. The molecule has 1 aliphatic heterocycles. The first-order valence-corrected chi connectivity index (χ1v) is 11.4. The Kier molecular flexibility index (Phi) is 6.24. The molecule has 1 aliphatic rings. The van der Waals surface area contributed by atoms with E-state index in [2.05, 4.69) is 25.7 Å². The highest BCUT2D eigenvalue weighted by Crippen LogP contribution is 2.37. The number of hydrogen-bond donors (Lipinski definition) is 2. The van der Waals surface area contributed by atoms with Gasteiger partial charge in [0.05, 0.1) is 58.6 Å². The van der Waals surface area contributed by atoms with Gasteiger partial charge in [-0.05, 0) is 31.2 Å². The maximum atomic E-state index is 12.7. The van der Waals surface area contributed by atoms with Crippen LogP contribution in [0.5, 0.6) is 11.5 Å². The molecule has 0 spiro atoms. The predicted octanol–water partition coefficient (Wildman–Crippen LogP) is 4.05. The molecule has 0 fully saturated rings. The normalized spacial score (nSPS) is 12.6. The number of halogens is 1. The summed E-state index contributed by atoms with van der Waals surface area (Å²) in [7, 11) is 1.56. The van der Waals surface area contributed by atoms with Crippen molar-refractivity contribution in [3.63, 3.8) is 0 Å². The average Bonchev–Trinajstić information content (AvgIpc) is 3.22. The molecule has 0 saturated carbocycles. The van der Waals surface area contributed by atoms with E-state index in [1.54, 1.807) is 38.0 Å². The van der Waals surface area contributed by atoms with Crippen molar-refractivity contribution >= 4 is 23.2 Å². The van der Waals surface area contributed by atoms with E-state index >= 15 is 0 Å². The summed E-state index contributed by atoms with van der Waals surface area (Å²) < 4.78 is 13.5. The van der Waals surface area contributed by atoms with Crippen LogP contribution in [-0.2, 0) is 13.0 Å². The monoisotopic (exact) mass is 490 g/mol. The van der Waals surface area contributed by atoms with Crippen molar-refractivity contribution < 1.29 is 14.3 Å². The molecule has 5 rings (SSSR count). The lowest BCUT2D eigenvalue weighted by Gasteiger charge is -2.21. The van der Waals surface area contributed by atoms with Gasteiger partial charge in [0, 0.05) is 30.9 Å². The third-order valence-electron chi connectivity index (χ3n) is 5.64. The average molecular weight is 491 g/mol. The Bertz CT molecular complexity index is 1400. The van der Waals surface area contributed by atoms with Gasteiger partial charge in [-0.25, -0.2) is 0 Å². The van der Waals surface area contributed by atoms with Crippen LogP contribution in [0.3, 0.4) is 0 Å². The summed E-state index contributed by atoms with van der Waals surface area (Å²) in [5.74, 6) is 0.928. The number of carbonyl (C=O) groups excluding carboxylic acids is 1. The van der Waals surface area contributed by atoms with Gasteiger partial charge in [-0.15, -0.1) is 0 Å². The molecule has 35 heavy (non-hydrogen) atoms. The van der Waals surface area contributed by atoms with Crippen LogP contribution in [0.25, 0.3) is 11.3 Å². The number of fused-ring (bicyclic) bond motifs is 1. The fourth-order valence-corrected chi connectivity index (χ4v) is 4.33. The molecule has 0 saturated heterocycles. The van der Waals surface area contributed by atoms with Crippen molar-refractivity contribution in [3.8, 4) is 22.8 Å². The summed E-state index contributed by atoms with van der Waals surface area (Å²) in [5.41, 5.74) is 8.51.